The minimum absolute atomic E-state index is 0.302. The maximum atomic E-state index is 12.6. The van der Waals surface area contributed by atoms with Gasteiger partial charge in [0.15, 0.2) is 5.75 Å². The number of fused-ring (bicyclic) bond motifs is 2. The summed E-state index contributed by atoms with van der Waals surface area (Å²) < 4.78 is 11.0. The molecule has 0 saturated heterocycles. The molecule has 3 amide bonds. The van der Waals surface area contributed by atoms with Gasteiger partial charge < -0.3 is 25.4 Å². The smallest absolute Gasteiger partial charge is 0.323 e. The predicted molar refractivity (Wildman–Crippen MR) is 111 cm³/mol. The number of aryl methyl sites for hydroxylation is 1. The molecule has 3 aromatic rings. The number of ether oxygens (including phenoxy) is 2. The van der Waals surface area contributed by atoms with Gasteiger partial charge in [-0.2, -0.15) is 0 Å². The third-order valence-electron chi connectivity index (χ3n) is 4.43. The highest BCUT2D eigenvalue weighted by Crippen LogP contribution is 2.37. The molecule has 4 rings (SSSR count). The first-order valence-electron chi connectivity index (χ1n) is 8.98. The summed E-state index contributed by atoms with van der Waals surface area (Å²) in [5, 5.41) is 8.30. The molecule has 0 atom stereocenters. The lowest BCUT2D eigenvalue weighted by Gasteiger charge is -2.11. The fourth-order valence-corrected chi connectivity index (χ4v) is 2.98. The van der Waals surface area contributed by atoms with E-state index in [0.717, 1.165) is 5.56 Å². The number of hydrogen-bond donors (Lipinski definition) is 3. The van der Waals surface area contributed by atoms with E-state index in [2.05, 4.69) is 16.0 Å². The standard InChI is InChI=1S/C22H19N3O4/c1-13-3-9-20-18(11-13)25-21(26)17-12-15(6-10-19(17)29-20)24-22(27)23-14-4-7-16(28-2)8-5-14/h3-12H,1-2H3,(H,25,26)(H2,23,24,27). The van der Waals surface area contributed by atoms with Crippen molar-refractivity contribution in [2.45, 2.75) is 6.92 Å². The summed E-state index contributed by atoms with van der Waals surface area (Å²) in [5.41, 5.74) is 3.04. The lowest BCUT2D eigenvalue weighted by atomic mass is 10.1. The SMILES string of the molecule is COc1ccc(NC(=O)Nc2ccc3c(c2)C(=O)Nc2cc(C)ccc2O3)cc1. The maximum absolute atomic E-state index is 12.6. The molecule has 146 valence electrons. The van der Waals surface area contributed by atoms with Gasteiger partial charge in [0.25, 0.3) is 5.91 Å². The quantitative estimate of drug-likeness (QED) is 0.588. The first-order valence-corrected chi connectivity index (χ1v) is 8.98. The van der Waals surface area contributed by atoms with Gasteiger partial charge >= 0.3 is 6.03 Å². The normalized spacial score (nSPS) is 11.9. The number of rotatable bonds is 3. The fourth-order valence-electron chi connectivity index (χ4n) is 2.98. The average Bonchev–Trinajstić information content (AvgIpc) is 2.84. The van der Waals surface area contributed by atoms with Gasteiger partial charge in [0.2, 0.25) is 0 Å². The Balaban J connectivity index is 1.51. The average molecular weight is 389 g/mol. The van der Waals surface area contributed by atoms with E-state index in [4.69, 9.17) is 9.47 Å². The monoisotopic (exact) mass is 389 g/mol. The van der Waals surface area contributed by atoms with E-state index >= 15 is 0 Å². The molecule has 7 heteroatoms. The van der Waals surface area contributed by atoms with E-state index in [1.807, 2.05) is 25.1 Å². The fraction of sp³-hybridized carbons (Fsp3) is 0.0909. The van der Waals surface area contributed by atoms with Crippen LogP contribution >= 0.6 is 0 Å². The molecular weight excluding hydrogens is 370 g/mol. The van der Waals surface area contributed by atoms with Crippen LogP contribution in [-0.2, 0) is 0 Å². The van der Waals surface area contributed by atoms with Gasteiger partial charge in [-0.3, -0.25) is 4.79 Å². The van der Waals surface area contributed by atoms with Gasteiger partial charge in [0, 0.05) is 11.4 Å². The van der Waals surface area contributed by atoms with Crippen molar-refractivity contribution in [1.82, 2.24) is 0 Å². The van der Waals surface area contributed by atoms with Crippen LogP contribution in [0.25, 0.3) is 0 Å². The van der Waals surface area contributed by atoms with Crippen LogP contribution in [0.1, 0.15) is 15.9 Å². The molecular formula is C22H19N3O4. The van der Waals surface area contributed by atoms with Crippen LogP contribution in [0, 0.1) is 6.92 Å². The summed E-state index contributed by atoms with van der Waals surface area (Å²) in [6, 6.07) is 17.0. The van der Waals surface area contributed by atoms with Crippen LogP contribution in [0.4, 0.5) is 21.9 Å². The lowest BCUT2D eigenvalue weighted by molar-refractivity contribution is 0.102. The van der Waals surface area contributed by atoms with E-state index in [-0.39, 0.29) is 5.91 Å². The number of benzene rings is 3. The Bertz CT molecular complexity index is 1090. The second-order valence-electron chi connectivity index (χ2n) is 6.57. The molecule has 3 N–H and O–H groups in total. The number of urea groups is 1. The van der Waals surface area contributed by atoms with Crippen LogP contribution in [0.3, 0.4) is 0 Å². The van der Waals surface area contributed by atoms with Crippen LogP contribution in [0.15, 0.2) is 60.7 Å². The largest absolute Gasteiger partial charge is 0.497 e. The van der Waals surface area contributed by atoms with Crippen molar-refractivity contribution in [2.24, 2.45) is 0 Å². The van der Waals surface area contributed by atoms with Crippen molar-refractivity contribution in [3.05, 3.63) is 71.8 Å². The van der Waals surface area contributed by atoms with Gasteiger partial charge in [-0.15, -0.1) is 0 Å². The third kappa shape index (κ3) is 3.98. The zero-order valence-electron chi connectivity index (χ0n) is 15.9. The summed E-state index contributed by atoms with van der Waals surface area (Å²) in [4.78, 5) is 24.9. The Morgan fingerprint density at radius 2 is 1.62 bits per heavy atom. The molecule has 0 spiro atoms. The van der Waals surface area contributed by atoms with Crippen molar-refractivity contribution in [3.8, 4) is 17.2 Å². The Kier molecular flexibility index (Phi) is 4.78. The molecule has 7 nitrogen and oxygen atoms in total. The van der Waals surface area contributed by atoms with E-state index in [1.165, 1.54) is 0 Å². The zero-order valence-corrected chi connectivity index (χ0v) is 15.9. The molecule has 0 radical (unpaired) electrons. The van der Waals surface area contributed by atoms with Crippen molar-refractivity contribution in [3.63, 3.8) is 0 Å². The number of nitrogens with one attached hydrogen (secondary N) is 3. The highest BCUT2D eigenvalue weighted by Gasteiger charge is 2.21. The van der Waals surface area contributed by atoms with E-state index in [1.54, 1.807) is 49.6 Å². The Hall–Kier alpha value is -4.00. The predicted octanol–water partition coefficient (Wildman–Crippen LogP) is 5.01. The Morgan fingerprint density at radius 3 is 2.38 bits per heavy atom. The second-order valence-corrected chi connectivity index (χ2v) is 6.57. The first-order chi connectivity index (χ1) is 14.0. The van der Waals surface area contributed by atoms with E-state index < -0.39 is 6.03 Å². The van der Waals surface area contributed by atoms with Crippen LogP contribution < -0.4 is 25.4 Å². The molecule has 0 aromatic heterocycles. The van der Waals surface area contributed by atoms with Gasteiger partial charge in [-0.05, 0) is 67.1 Å². The minimum atomic E-state index is -0.427. The molecule has 0 bridgehead atoms. The molecule has 1 aliphatic rings. The molecule has 29 heavy (non-hydrogen) atoms. The molecule has 0 aliphatic carbocycles. The zero-order chi connectivity index (χ0) is 20.4. The van der Waals surface area contributed by atoms with E-state index in [0.29, 0.717) is 39.9 Å². The minimum Gasteiger partial charge on any atom is -0.497 e. The van der Waals surface area contributed by atoms with Crippen molar-refractivity contribution in [1.29, 1.82) is 0 Å². The summed E-state index contributed by atoms with van der Waals surface area (Å²) in [7, 11) is 1.58. The molecule has 0 fully saturated rings. The van der Waals surface area contributed by atoms with Crippen LogP contribution in [0.2, 0.25) is 0 Å². The maximum Gasteiger partial charge on any atom is 0.323 e. The first kappa shape index (κ1) is 18.4. The number of anilines is 3. The summed E-state index contributed by atoms with van der Waals surface area (Å²) >= 11 is 0. The van der Waals surface area contributed by atoms with Gasteiger partial charge in [0.1, 0.15) is 11.5 Å². The third-order valence-corrected chi connectivity index (χ3v) is 4.43. The molecule has 0 saturated carbocycles. The number of carbonyl (C=O) groups is 2. The summed E-state index contributed by atoms with van der Waals surface area (Å²) in [6.07, 6.45) is 0. The van der Waals surface area contributed by atoms with Gasteiger partial charge in [-0.25, -0.2) is 4.79 Å². The Morgan fingerprint density at radius 1 is 0.931 bits per heavy atom. The Labute approximate surface area is 167 Å². The van der Waals surface area contributed by atoms with E-state index in [9.17, 15) is 9.59 Å². The lowest BCUT2D eigenvalue weighted by Crippen LogP contribution is -2.20. The number of carbonyl (C=O) groups excluding carboxylic acids is 2. The van der Waals surface area contributed by atoms with Crippen molar-refractivity contribution in [2.75, 3.05) is 23.1 Å². The summed E-state index contributed by atoms with van der Waals surface area (Å²) in [5.74, 6) is 1.39. The molecule has 1 aliphatic heterocycles. The highest BCUT2D eigenvalue weighted by atomic mass is 16.5. The number of methoxy groups -OCH3 is 1. The highest BCUT2D eigenvalue weighted by molar-refractivity contribution is 6.09. The molecule has 3 aromatic carbocycles. The summed E-state index contributed by atoms with van der Waals surface area (Å²) in [6.45, 7) is 1.94. The number of amides is 3. The van der Waals surface area contributed by atoms with Crippen molar-refractivity contribution < 1.29 is 19.1 Å². The van der Waals surface area contributed by atoms with Crippen LogP contribution in [-0.4, -0.2) is 19.0 Å². The van der Waals surface area contributed by atoms with Gasteiger partial charge in [-0.1, -0.05) is 6.07 Å². The second kappa shape index (κ2) is 7.55. The number of hydrogen-bond acceptors (Lipinski definition) is 4. The topological polar surface area (TPSA) is 88.7 Å². The van der Waals surface area contributed by atoms with Crippen LogP contribution in [0.5, 0.6) is 17.2 Å². The molecule has 1 heterocycles. The van der Waals surface area contributed by atoms with Crippen molar-refractivity contribution >= 4 is 29.0 Å². The molecule has 0 unspecified atom stereocenters. The van der Waals surface area contributed by atoms with Gasteiger partial charge in [0.05, 0.1) is 18.4 Å².